The lowest BCUT2D eigenvalue weighted by atomic mass is 10.1. The maximum Gasteiger partial charge on any atom is 0.130 e. The molecule has 0 amide bonds. The van der Waals surface area contributed by atoms with Gasteiger partial charge in [0.25, 0.3) is 0 Å². The lowest BCUT2D eigenvalue weighted by Gasteiger charge is -2.10. The number of pyridine rings is 1. The second-order valence-electron chi connectivity index (χ2n) is 5.21. The molecule has 0 aliphatic carbocycles. The van der Waals surface area contributed by atoms with Gasteiger partial charge in [0.1, 0.15) is 12.2 Å². The van der Waals surface area contributed by atoms with Crippen LogP contribution in [0.15, 0.2) is 60.8 Å². The summed E-state index contributed by atoms with van der Waals surface area (Å²) in [6.45, 7) is 2.02. The van der Waals surface area contributed by atoms with Gasteiger partial charge in [-0.1, -0.05) is 35.9 Å². The number of hydrogen-bond donors (Lipinski definition) is 2. The highest BCUT2D eigenvalue weighted by molar-refractivity contribution is 7.12. The van der Waals surface area contributed by atoms with Crippen molar-refractivity contribution in [1.29, 1.82) is 0 Å². The number of nitrogens with zero attached hydrogens (tertiary/aromatic N) is 1. The minimum absolute atomic E-state index is 0.612. The van der Waals surface area contributed by atoms with Crippen molar-refractivity contribution in [2.24, 2.45) is 0 Å². The van der Waals surface area contributed by atoms with Crippen molar-refractivity contribution in [2.45, 2.75) is 19.1 Å². The van der Waals surface area contributed by atoms with E-state index in [0.29, 0.717) is 5.69 Å². The van der Waals surface area contributed by atoms with Gasteiger partial charge >= 0.3 is 0 Å². The molecule has 0 saturated heterocycles. The van der Waals surface area contributed by atoms with Crippen molar-refractivity contribution >= 4 is 11.3 Å². The summed E-state index contributed by atoms with van der Waals surface area (Å²) in [4.78, 5) is 5.76. The summed E-state index contributed by atoms with van der Waals surface area (Å²) in [5.41, 5.74) is 2.63. The molecule has 2 unspecified atom stereocenters. The SMILES string of the molecule is Cc1ccc(C(O)c2ccc(C(O)c3ccccn3)s2)cc1. The lowest BCUT2D eigenvalue weighted by Crippen LogP contribution is -1.99. The third kappa shape index (κ3) is 3.09. The Morgan fingerprint density at radius 2 is 1.55 bits per heavy atom. The van der Waals surface area contributed by atoms with Crippen molar-refractivity contribution in [3.8, 4) is 0 Å². The third-order valence-electron chi connectivity index (χ3n) is 3.55. The van der Waals surface area contributed by atoms with Gasteiger partial charge in [-0.15, -0.1) is 11.3 Å². The molecule has 2 aromatic heterocycles. The Morgan fingerprint density at radius 3 is 2.18 bits per heavy atom. The van der Waals surface area contributed by atoms with E-state index in [-0.39, 0.29) is 0 Å². The summed E-state index contributed by atoms with van der Waals surface area (Å²) in [5.74, 6) is 0. The Kier molecular flexibility index (Phi) is 4.34. The Labute approximate surface area is 133 Å². The zero-order chi connectivity index (χ0) is 15.5. The van der Waals surface area contributed by atoms with Crippen LogP contribution < -0.4 is 0 Å². The van der Waals surface area contributed by atoms with Crippen LogP contribution in [0.25, 0.3) is 0 Å². The molecule has 22 heavy (non-hydrogen) atoms. The van der Waals surface area contributed by atoms with Crippen LogP contribution in [0.5, 0.6) is 0 Å². The molecule has 0 spiro atoms. The first-order valence-corrected chi connectivity index (χ1v) is 7.90. The molecule has 112 valence electrons. The van der Waals surface area contributed by atoms with Crippen LogP contribution in [0.2, 0.25) is 0 Å². The molecule has 3 aromatic rings. The second kappa shape index (κ2) is 6.40. The fourth-order valence-corrected chi connectivity index (χ4v) is 3.28. The Bertz CT molecular complexity index is 737. The molecule has 0 fully saturated rings. The molecular formula is C18H17NO2S. The maximum atomic E-state index is 10.5. The summed E-state index contributed by atoms with van der Waals surface area (Å²) in [5, 5.41) is 20.8. The summed E-state index contributed by atoms with van der Waals surface area (Å²) in [6.07, 6.45) is 0.231. The van der Waals surface area contributed by atoms with Gasteiger partial charge in [-0.3, -0.25) is 4.98 Å². The van der Waals surface area contributed by atoms with Crippen molar-refractivity contribution in [2.75, 3.05) is 0 Å². The van der Waals surface area contributed by atoms with E-state index in [1.165, 1.54) is 11.3 Å². The van der Waals surface area contributed by atoms with Crippen LogP contribution in [0.1, 0.15) is 38.8 Å². The molecule has 4 heteroatoms. The molecule has 0 aliphatic heterocycles. The highest BCUT2D eigenvalue weighted by Gasteiger charge is 2.18. The van der Waals surface area contributed by atoms with E-state index in [0.717, 1.165) is 20.9 Å². The smallest absolute Gasteiger partial charge is 0.130 e. The lowest BCUT2D eigenvalue weighted by molar-refractivity contribution is 0.219. The minimum Gasteiger partial charge on any atom is -0.383 e. The van der Waals surface area contributed by atoms with Gasteiger partial charge in [0.15, 0.2) is 0 Å². The third-order valence-corrected chi connectivity index (χ3v) is 4.74. The quantitative estimate of drug-likeness (QED) is 0.774. The van der Waals surface area contributed by atoms with Gasteiger partial charge in [-0.2, -0.15) is 0 Å². The van der Waals surface area contributed by atoms with E-state index in [1.807, 2.05) is 55.5 Å². The highest BCUT2D eigenvalue weighted by atomic mass is 32.1. The maximum absolute atomic E-state index is 10.5. The number of benzene rings is 1. The molecular weight excluding hydrogens is 294 g/mol. The zero-order valence-electron chi connectivity index (χ0n) is 12.2. The van der Waals surface area contributed by atoms with E-state index in [2.05, 4.69) is 4.98 Å². The first-order valence-electron chi connectivity index (χ1n) is 7.08. The van der Waals surface area contributed by atoms with E-state index in [9.17, 15) is 10.2 Å². The minimum atomic E-state index is -0.759. The van der Waals surface area contributed by atoms with Crippen LogP contribution in [-0.4, -0.2) is 15.2 Å². The number of aliphatic hydroxyl groups is 2. The van der Waals surface area contributed by atoms with Gasteiger partial charge in [-0.05, 0) is 36.8 Å². The molecule has 3 nitrogen and oxygen atoms in total. The van der Waals surface area contributed by atoms with Crippen molar-refractivity contribution in [3.63, 3.8) is 0 Å². The monoisotopic (exact) mass is 311 g/mol. The molecule has 2 N–H and O–H groups in total. The van der Waals surface area contributed by atoms with Gasteiger partial charge < -0.3 is 10.2 Å². The molecule has 2 atom stereocenters. The van der Waals surface area contributed by atoms with Gasteiger partial charge in [0.05, 0.1) is 5.69 Å². The molecule has 0 aliphatic rings. The average Bonchev–Trinajstić information content (AvgIpc) is 3.05. The summed E-state index contributed by atoms with van der Waals surface area (Å²) >= 11 is 1.40. The summed E-state index contributed by atoms with van der Waals surface area (Å²) in [6, 6.07) is 17.0. The van der Waals surface area contributed by atoms with Crippen LogP contribution in [0, 0.1) is 6.92 Å². The van der Waals surface area contributed by atoms with Crippen molar-refractivity contribution in [1.82, 2.24) is 4.98 Å². The van der Waals surface area contributed by atoms with Crippen LogP contribution >= 0.6 is 11.3 Å². The molecule has 0 radical (unpaired) electrons. The van der Waals surface area contributed by atoms with Gasteiger partial charge in [0, 0.05) is 16.0 Å². The molecule has 3 rings (SSSR count). The van der Waals surface area contributed by atoms with Crippen molar-refractivity contribution < 1.29 is 10.2 Å². The number of aromatic nitrogens is 1. The fraction of sp³-hybridized carbons (Fsp3) is 0.167. The van der Waals surface area contributed by atoms with Crippen LogP contribution in [0.3, 0.4) is 0 Å². The van der Waals surface area contributed by atoms with Crippen LogP contribution in [0.4, 0.5) is 0 Å². The van der Waals surface area contributed by atoms with Crippen LogP contribution in [-0.2, 0) is 0 Å². The van der Waals surface area contributed by atoms with E-state index >= 15 is 0 Å². The number of rotatable bonds is 4. The number of aliphatic hydroxyl groups excluding tert-OH is 2. The zero-order valence-corrected chi connectivity index (χ0v) is 13.0. The highest BCUT2D eigenvalue weighted by Crippen LogP contribution is 2.33. The Morgan fingerprint density at radius 1 is 0.864 bits per heavy atom. The normalized spacial score (nSPS) is 13.8. The number of hydrogen-bond acceptors (Lipinski definition) is 4. The van der Waals surface area contributed by atoms with Gasteiger partial charge in [-0.25, -0.2) is 0 Å². The molecule has 1 aromatic carbocycles. The second-order valence-corrected chi connectivity index (χ2v) is 6.36. The average molecular weight is 311 g/mol. The molecule has 0 saturated carbocycles. The number of aryl methyl sites for hydroxylation is 1. The predicted octanol–water partition coefficient (Wildman–Crippen LogP) is 3.61. The molecule has 0 bridgehead atoms. The van der Waals surface area contributed by atoms with Crippen molar-refractivity contribution in [3.05, 3.63) is 87.4 Å². The van der Waals surface area contributed by atoms with E-state index < -0.39 is 12.2 Å². The van der Waals surface area contributed by atoms with E-state index in [4.69, 9.17) is 0 Å². The fourth-order valence-electron chi connectivity index (χ4n) is 2.26. The first kappa shape index (κ1) is 14.9. The Hall–Kier alpha value is -2.01. The van der Waals surface area contributed by atoms with E-state index in [1.54, 1.807) is 12.3 Å². The summed E-state index contributed by atoms with van der Waals surface area (Å²) in [7, 11) is 0. The topological polar surface area (TPSA) is 53.4 Å². The Balaban J connectivity index is 1.83. The number of thiophene rings is 1. The first-order chi connectivity index (χ1) is 10.6. The predicted molar refractivity (Wildman–Crippen MR) is 87.9 cm³/mol. The van der Waals surface area contributed by atoms with Gasteiger partial charge in [0.2, 0.25) is 0 Å². The molecule has 2 heterocycles. The largest absolute Gasteiger partial charge is 0.383 e. The summed E-state index contributed by atoms with van der Waals surface area (Å²) < 4.78 is 0. The standard InChI is InChI=1S/C18H17NO2S/c1-12-5-7-13(8-6-12)17(20)15-9-10-16(22-15)18(21)14-4-2-3-11-19-14/h2-11,17-18,20-21H,1H3.